The summed E-state index contributed by atoms with van der Waals surface area (Å²) in [4.78, 5) is 46.8. The second kappa shape index (κ2) is 5.75. The van der Waals surface area contributed by atoms with Gasteiger partial charge in [-0.15, -0.1) is 12.6 Å². The van der Waals surface area contributed by atoms with Crippen molar-refractivity contribution in [2.75, 3.05) is 0 Å². The standard InChI is InChI=1S/C15H8BNO6S/c16-10-13(20)12(19)9-8(5-23-14(9)15(10)24)11(18)6-1-3-7(4-2-6)17(21)22/h1,3,5,24H,2,4H2. The number of hydrogen-bond acceptors (Lipinski definition) is 7. The van der Waals surface area contributed by atoms with Crippen LogP contribution in [0.4, 0.5) is 0 Å². The number of allylic oxidation sites excluding steroid dienone is 5. The molecular formula is C15H8BNO6S. The zero-order valence-corrected chi connectivity index (χ0v) is 13.0. The third kappa shape index (κ3) is 2.37. The minimum absolute atomic E-state index is 0.000350. The van der Waals surface area contributed by atoms with Crippen LogP contribution in [-0.2, 0) is 4.79 Å². The number of fused-ring (bicyclic) bond motifs is 1. The fourth-order valence-electron chi connectivity index (χ4n) is 2.53. The molecule has 0 atom stereocenters. The van der Waals surface area contributed by atoms with Crippen molar-refractivity contribution in [2.45, 2.75) is 12.8 Å². The summed E-state index contributed by atoms with van der Waals surface area (Å²) >= 11 is 4.06. The van der Waals surface area contributed by atoms with Crippen LogP contribution in [0.25, 0.3) is 4.91 Å². The molecule has 0 bridgehead atoms. The Labute approximate surface area is 142 Å². The van der Waals surface area contributed by atoms with E-state index in [0.29, 0.717) is 0 Å². The fourth-order valence-corrected chi connectivity index (χ4v) is 2.80. The molecule has 118 valence electrons. The van der Waals surface area contributed by atoms with Gasteiger partial charge in [0.2, 0.25) is 17.3 Å². The number of ketones is 3. The maximum Gasteiger partial charge on any atom is 0.246 e. The Bertz CT molecular complexity index is 920. The number of carbonyl (C=O) groups is 3. The average Bonchev–Trinajstić information content (AvgIpc) is 3.02. The number of furan rings is 1. The van der Waals surface area contributed by atoms with E-state index in [2.05, 4.69) is 12.6 Å². The predicted molar refractivity (Wildman–Crippen MR) is 86.4 cm³/mol. The van der Waals surface area contributed by atoms with Crippen LogP contribution in [0.15, 0.2) is 39.6 Å². The molecule has 0 aromatic carbocycles. The summed E-state index contributed by atoms with van der Waals surface area (Å²) in [5, 5.41) is 10.7. The second-order valence-electron chi connectivity index (χ2n) is 5.21. The number of nitro groups is 1. The summed E-state index contributed by atoms with van der Waals surface area (Å²) in [6.45, 7) is 0. The summed E-state index contributed by atoms with van der Waals surface area (Å²) in [5.41, 5.74) is -0.298. The Kier molecular flexibility index (Phi) is 3.88. The number of nitrogens with zero attached hydrogens (tertiary/aromatic N) is 1. The monoisotopic (exact) mass is 341 g/mol. The quantitative estimate of drug-likeness (QED) is 0.225. The highest BCUT2D eigenvalue weighted by molar-refractivity contribution is 7.90. The first-order valence-electron chi connectivity index (χ1n) is 6.81. The highest BCUT2D eigenvalue weighted by Gasteiger charge is 2.36. The maximum atomic E-state index is 12.6. The van der Waals surface area contributed by atoms with E-state index in [-0.39, 0.29) is 51.4 Å². The second-order valence-corrected chi connectivity index (χ2v) is 5.66. The largest absolute Gasteiger partial charge is 0.462 e. The van der Waals surface area contributed by atoms with Gasteiger partial charge in [-0.25, -0.2) is 0 Å². The van der Waals surface area contributed by atoms with E-state index < -0.39 is 22.3 Å². The van der Waals surface area contributed by atoms with Crippen molar-refractivity contribution >= 4 is 42.7 Å². The summed E-state index contributed by atoms with van der Waals surface area (Å²) in [6, 6.07) is 0. The Balaban J connectivity index is 2.04. The van der Waals surface area contributed by atoms with Crippen molar-refractivity contribution in [1.29, 1.82) is 0 Å². The first-order chi connectivity index (χ1) is 11.3. The highest BCUT2D eigenvalue weighted by Crippen LogP contribution is 2.35. The Hall–Kier alpha value is -2.68. The molecule has 2 aliphatic carbocycles. The van der Waals surface area contributed by atoms with Crippen LogP contribution in [0.3, 0.4) is 0 Å². The predicted octanol–water partition coefficient (Wildman–Crippen LogP) is 1.88. The van der Waals surface area contributed by atoms with E-state index in [1.807, 2.05) is 0 Å². The molecule has 24 heavy (non-hydrogen) atoms. The van der Waals surface area contributed by atoms with Gasteiger partial charge in [0, 0.05) is 23.0 Å². The molecule has 0 saturated heterocycles. The lowest BCUT2D eigenvalue weighted by atomic mass is 9.81. The number of Topliss-reactive ketones (excluding diaryl/α,β-unsaturated/α-hetero) is 3. The van der Waals surface area contributed by atoms with E-state index >= 15 is 0 Å². The molecule has 0 fully saturated rings. The Morgan fingerprint density at radius 3 is 2.54 bits per heavy atom. The third-order valence-corrected chi connectivity index (χ3v) is 4.28. The summed E-state index contributed by atoms with van der Waals surface area (Å²) in [6.07, 6.45) is 3.91. The molecule has 1 aromatic heterocycles. The van der Waals surface area contributed by atoms with Gasteiger partial charge >= 0.3 is 0 Å². The molecule has 3 rings (SSSR count). The van der Waals surface area contributed by atoms with Crippen molar-refractivity contribution in [3.05, 3.63) is 62.2 Å². The maximum absolute atomic E-state index is 12.6. The summed E-state index contributed by atoms with van der Waals surface area (Å²) < 4.78 is 5.20. The van der Waals surface area contributed by atoms with Gasteiger partial charge in [-0.2, -0.15) is 0 Å². The van der Waals surface area contributed by atoms with Crippen LogP contribution in [0.1, 0.15) is 39.3 Å². The fraction of sp³-hybridized carbons (Fsp3) is 0.133. The Morgan fingerprint density at radius 2 is 1.96 bits per heavy atom. The molecule has 0 saturated carbocycles. The van der Waals surface area contributed by atoms with Gasteiger partial charge in [-0.05, 0) is 18.0 Å². The van der Waals surface area contributed by atoms with Gasteiger partial charge in [0.25, 0.3) is 0 Å². The van der Waals surface area contributed by atoms with E-state index in [0.717, 1.165) is 6.26 Å². The van der Waals surface area contributed by atoms with Crippen LogP contribution in [-0.4, -0.2) is 30.1 Å². The molecule has 1 aromatic rings. The van der Waals surface area contributed by atoms with E-state index in [4.69, 9.17) is 12.3 Å². The minimum Gasteiger partial charge on any atom is -0.462 e. The summed E-state index contributed by atoms with van der Waals surface area (Å²) in [5.74, 6) is -2.44. The number of carbonyl (C=O) groups excluding carboxylic acids is 3. The zero-order chi connectivity index (χ0) is 17.6. The lowest BCUT2D eigenvalue weighted by molar-refractivity contribution is -0.428. The molecule has 7 nitrogen and oxygen atoms in total. The van der Waals surface area contributed by atoms with Gasteiger partial charge in [0.15, 0.2) is 11.5 Å². The SMILES string of the molecule is [B]C1=C(S)c2occ(C(=O)C3=CC=C([N+](=O)[O-])CC3)c2C(=O)C1=O. The molecule has 1 heterocycles. The van der Waals surface area contributed by atoms with Crippen LogP contribution in [0, 0.1) is 10.1 Å². The van der Waals surface area contributed by atoms with Crippen molar-refractivity contribution < 1.29 is 23.7 Å². The van der Waals surface area contributed by atoms with Crippen LogP contribution in [0.2, 0.25) is 0 Å². The molecule has 0 amide bonds. The first kappa shape index (κ1) is 16.2. The van der Waals surface area contributed by atoms with E-state index in [1.165, 1.54) is 12.2 Å². The molecule has 0 N–H and O–H groups in total. The van der Waals surface area contributed by atoms with Crippen molar-refractivity contribution in [3.63, 3.8) is 0 Å². The molecule has 0 spiro atoms. The molecule has 9 heteroatoms. The lowest BCUT2D eigenvalue weighted by Crippen LogP contribution is -2.24. The lowest BCUT2D eigenvalue weighted by Gasteiger charge is -2.13. The van der Waals surface area contributed by atoms with E-state index in [1.54, 1.807) is 0 Å². The first-order valence-corrected chi connectivity index (χ1v) is 7.26. The number of hydrogen-bond donors (Lipinski definition) is 1. The van der Waals surface area contributed by atoms with Crippen LogP contribution >= 0.6 is 12.6 Å². The minimum atomic E-state index is -0.948. The highest BCUT2D eigenvalue weighted by atomic mass is 32.1. The molecule has 0 unspecified atom stereocenters. The van der Waals surface area contributed by atoms with Crippen molar-refractivity contribution in [2.24, 2.45) is 0 Å². The number of rotatable bonds is 3. The third-order valence-electron chi connectivity index (χ3n) is 3.84. The van der Waals surface area contributed by atoms with Gasteiger partial charge in [0.1, 0.15) is 14.1 Å². The average molecular weight is 341 g/mol. The van der Waals surface area contributed by atoms with Gasteiger partial charge in [-0.1, -0.05) is 0 Å². The van der Waals surface area contributed by atoms with Gasteiger partial charge < -0.3 is 4.42 Å². The smallest absolute Gasteiger partial charge is 0.246 e. The zero-order valence-electron chi connectivity index (χ0n) is 12.1. The Morgan fingerprint density at radius 1 is 1.25 bits per heavy atom. The molecule has 2 radical (unpaired) electrons. The topological polar surface area (TPSA) is 107 Å². The van der Waals surface area contributed by atoms with E-state index in [9.17, 15) is 24.5 Å². The normalized spacial score (nSPS) is 17.4. The molecule has 2 aliphatic rings. The van der Waals surface area contributed by atoms with Crippen molar-refractivity contribution in [1.82, 2.24) is 0 Å². The van der Waals surface area contributed by atoms with Crippen LogP contribution < -0.4 is 0 Å². The van der Waals surface area contributed by atoms with Crippen molar-refractivity contribution in [3.8, 4) is 0 Å². The van der Waals surface area contributed by atoms with Gasteiger partial charge in [-0.3, -0.25) is 24.5 Å². The van der Waals surface area contributed by atoms with Crippen LogP contribution in [0.5, 0.6) is 0 Å². The number of thiol groups is 1. The summed E-state index contributed by atoms with van der Waals surface area (Å²) in [7, 11) is 5.50. The molecule has 0 aliphatic heterocycles. The molecular weight excluding hydrogens is 333 g/mol. The van der Waals surface area contributed by atoms with Gasteiger partial charge in [0.05, 0.1) is 16.1 Å².